The normalized spacial score (nSPS) is 14.6. The Morgan fingerprint density at radius 3 is 2.45 bits per heavy atom. The first kappa shape index (κ1) is 16.9. The Balaban J connectivity index is 2.72. The predicted octanol–water partition coefficient (Wildman–Crippen LogP) is 4.30. The molecule has 1 rings (SSSR count). The van der Waals surface area contributed by atoms with Gasteiger partial charge in [-0.1, -0.05) is 22.0 Å². The highest BCUT2D eigenvalue weighted by Gasteiger charge is 2.30. The van der Waals surface area contributed by atoms with Crippen molar-refractivity contribution in [2.24, 2.45) is 0 Å². The quantitative estimate of drug-likeness (QED) is 0.883. The topological polar surface area (TPSA) is 38.3 Å². The van der Waals surface area contributed by atoms with E-state index in [1.807, 2.05) is 0 Å². The van der Waals surface area contributed by atoms with E-state index in [1.54, 1.807) is 20.8 Å². The van der Waals surface area contributed by atoms with Crippen molar-refractivity contribution < 1.29 is 18.3 Å². The minimum atomic E-state index is -1.91. The van der Waals surface area contributed by atoms with E-state index in [-0.39, 0.29) is 5.56 Å². The summed E-state index contributed by atoms with van der Waals surface area (Å²) < 4.78 is 32.7. The van der Waals surface area contributed by atoms with Crippen molar-refractivity contribution in [3.63, 3.8) is 0 Å². The van der Waals surface area contributed by atoms with Crippen LogP contribution in [0.4, 0.5) is 13.6 Å². The van der Waals surface area contributed by atoms with Crippen LogP contribution in [0, 0.1) is 5.82 Å². The van der Waals surface area contributed by atoms with E-state index < -0.39 is 29.7 Å². The molecule has 0 fully saturated rings. The smallest absolute Gasteiger partial charge is 0.407 e. The minimum absolute atomic E-state index is 0.224. The van der Waals surface area contributed by atoms with Crippen molar-refractivity contribution in [2.75, 3.05) is 6.61 Å². The summed E-state index contributed by atoms with van der Waals surface area (Å²) >= 11 is 3.10. The van der Waals surface area contributed by atoms with Crippen LogP contribution in [0.1, 0.15) is 33.3 Å². The van der Waals surface area contributed by atoms with Gasteiger partial charge in [0.05, 0.1) is 0 Å². The summed E-state index contributed by atoms with van der Waals surface area (Å²) in [6, 6.07) is 3.65. The molecule has 3 nitrogen and oxygen atoms in total. The van der Waals surface area contributed by atoms with Gasteiger partial charge < -0.3 is 10.1 Å². The van der Waals surface area contributed by atoms with E-state index in [2.05, 4.69) is 21.2 Å². The summed E-state index contributed by atoms with van der Waals surface area (Å²) in [6.07, 6.45) is -0.695. The Hall–Kier alpha value is -1.17. The molecule has 1 aromatic rings. The van der Waals surface area contributed by atoms with Crippen molar-refractivity contribution >= 4 is 22.0 Å². The summed E-state index contributed by atoms with van der Waals surface area (Å²) in [5, 5.41) is 2.57. The van der Waals surface area contributed by atoms with Crippen molar-refractivity contribution in [3.8, 4) is 0 Å². The van der Waals surface area contributed by atoms with Gasteiger partial charge in [0, 0.05) is 15.6 Å². The van der Waals surface area contributed by atoms with Gasteiger partial charge in [-0.25, -0.2) is 13.6 Å². The van der Waals surface area contributed by atoms with Crippen molar-refractivity contribution in [2.45, 2.75) is 38.9 Å². The third kappa shape index (κ3) is 5.07. The second kappa shape index (κ2) is 6.08. The Labute approximate surface area is 125 Å². The van der Waals surface area contributed by atoms with Crippen LogP contribution in [0.3, 0.4) is 0 Å². The summed E-state index contributed by atoms with van der Waals surface area (Å²) in [5.41, 5.74) is -2.15. The van der Waals surface area contributed by atoms with Crippen LogP contribution in [0.5, 0.6) is 0 Å². The maximum absolute atomic E-state index is 14.6. The molecule has 0 aliphatic rings. The number of benzene rings is 1. The number of nitrogens with one attached hydrogen (secondary N) is 1. The van der Waals surface area contributed by atoms with Gasteiger partial charge in [0.2, 0.25) is 0 Å². The zero-order chi connectivity index (χ0) is 15.6. The maximum atomic E-state index is 14.6. The van der Waals surface area contributed by atoms with E-state index in [0.717, 1.165) is 6.07 Å². The monoisotopic (exact) mass is 349 g/mol. The third-order valence-corrected chi connectivity index (χ3v) is 3.10. The molecule has 0 spiro atoms. The average Bonchev–Trinajstić information content (AvgIpc) is 2.23. The fourth-order valence-corrected chi connectivity index (χ4v) is 2.30. The van der Waals surface area contributed by atoms with Crippen LogP contribution in [0.2, 0.25) is 0 Å². The number of carbonyl (C=O) groups excluding carboxylic acids is 1. The molecule has 6 heteroatoms. The average molecular weight is 350 g/mol. The van der Waals surface area contributed by atoms with Gasteiger partial charge in [-0.3, -0.25) is 0 Å². The lowest BCUT2D eigenvalue weighted by molar-refractivity contribution is 0.0549. The summed E-state index contributed by atoms with van der Waals surface area (Å²) in [5.74, 6) is -0.470. The molecule has 0 aliphatic carbocycles. The molecule has 112 valence electrons. The Morgan fingerprint density at radius 1 is 1.35 bits per heavy atom. The van der Waals surface area contributed by atoms with Crippen LogP contribution >= 0.6 is 15.9 Å². The molecule has 0 aliphatic heterocycles. The largest absolute Gasteiger partial charge is 0.446 e. The predicted molar refractivity (Wildman–Crippen MR) is 76.8 cm³/mol. The molecule has 0 aromatic heterocycles. The minimum Gasteiger partial charge on any atom is -0.446 e. The molecular formula is C14H18BrF2NO2. The molecule has 1 amide bonds. The summed E-state index contributed by atoms with van der Waals surface area (Å²) in [4.78, 5) is 11.5. The van der Waals surface area contributed by atoms with Gasteiger partial charge in [-0.2, -0.15) is 0 Å². The highest BCUT2D eigenvalue weighted by Crippen LogP contribution is 2.32. The first-order valence-electron chi connectivity index (χ1n) is 6.11. The lowest BCUT2D eigenvalue weighted by Crippen LogP contribution is -2.42. The standard InChI is InChI=1S/C14H18BrF2NO2/c1-13(2,3)18-12(19)20-8-14(4,17)10-6-5-9(16)7-11(10)15/h5-7H,8H2,1-4H3,(H,18,19). The van der Waals surface area contributed by atoms with E-state index >= 15 is 0 Å². The maximum Gasteiger partial charge on any atom is 0.407 e. The van der Waals surface area contributed by atoms with Gasteiger partial charge in [-0.05, 0) is 39.8 Å². The number of hydrogen-bond donors (Lipinski definition) is 1. The Bertz CT molecular complexity index is 498. The first-order chi connectivity index (χ1) is 9.01. The van der Waals surface area contributed by atoms with Crippen LogP contribution in [-0.2, 0) is 10.4 Å². The SMILES string of the molecule is CC(C)(C)NC(=O)OCC(C)(F)c1ccc(F)cc1Br. The Kier molecular flexibility index (Phi) is 5.13. The molecule has 0 bridgehead atoms. The van der Waals surface area contributed by atoms with Crippen LogP contribution in [0.15, 0.2) is 22.7 Å². The van der Waals surface area contributed by atoms with E-state index in [0.29, 0.717) is 4.47 Å². The molecular weight excluding hydrogens is 332 g/mol. The van der Waals surface area contributed by atoms with Crippen molar-refractivity contribution in [1.82, 2.24) is 5.32 Å². The lowest BCUT2D eigenvalue weighted by atomic mass is 9.99. The summed E-state index contributed by atoms with van der Waals surface area (Å²) in [6.45, 7) is 6.19. The van der Waals surface area contributed by atoms with Gasteiger partial charge in [0.25, 0.3) is 0 Å². The molecule has 1 aromatic carbocycles. The molecule has 20 heavy (non-hydrogen) atoms. The van der Waals surface area contributed by atoms with Crippen molar-refractivity contribution in [3.05, 3.63) is 34.1 Å². The number of halogens is 3. The lowest BCUT2D eigenvalue weighted by Gasteiger charge is -2.24. The van der Waals surface area contributed by atoms with Crippen LogP contribution < -0.4 is 5.32 Å². The fraction of sp³-hybridized carbons (Fsp3) is 0.500. The first-order valence-corrected chi connectivity index (χ1v) is 6.90. The highest BCUT2D eigenvalue weighted by molar-refractivity contribution is 9.10. The number of hydrogen-bond acceptors (Lipinski definition) is 2. The molecule has 0 radical (unpaired) electrons. The molecule has 1 atom stereocenters. The number of ether oxygens (including phenoxy) is 1. The number of alkyl carbamates (subject to hydrolysis) is 1. The number of rotatable bonds is 3. The zero-order valence-electron chi connectivity index (χ0n) is 11.9. The van der Waals surface area contributed by atoms with Gasteiger partial charge in [0.15, 0.2) is 5.67 Å². The number of carbonyl (C=O) groups is 1. The molecule has 1 unspecified atom stereocenters. The molecule has 1 N–H and O–H groups in total. The van der Waals surface area contributed by atoms with E-state index in [4.69, 9.17) is 4.74 Å². The second-order valence-corrected chi connectivity index (χ2v) is 6.63. The van der Waals surface area contributed by atoms with E-state index in [1.165, 1.54) is 19.1 Å². The van der Waals surface area contributed by atoms with Gasteiger partial charge >= 0.3 is 6.09 Å². The molecule has 0 saturated heterocycles. The highest BCUT2D eigenvalue weighted by atomic mass is 79.9. The van der Waals surface area contributed by atoms with Crippen LogP contribution in [0.25, 0.3) is 0 Å². The number of amides is 1. The molecule has 0 heterocycles. The molecule has 0 saturated carbocycles. The Morgan fingerprint density at radius 2 is 1.95 bits per heavy atom. The number of alkyl halides is 1. The fourth-order valence-electron chi connectivity index (χ4n) is 1.53. The third-order valence-electron chi connectivity index (χ3n) is 2.44. The second-order valence-electron chi connectivity index (χ2n) is 5.77. The zero-order valence-corrected chi connectivity index (χ0v) is 13.5. The van der Waals surface area contributed by atoms with Crippen LogP contribution in [-0.4, -0.2) is 18.2 Å². The van der Waals surface area contributed by atoms with E-state index in [9.17, 15) is 13.6 Å². The van der Waals surface area contributed by atoms with Gasteiger partial charge in [0.1, 0.15) is 12.4 Å². The van der Waals surface area contributed by atoms with Crippen molar-refractivity contribution in [1.29, 1.82) is 0 Å². The van der Waals surface area contributed by atoms with Gasteiger partial charge in [-0.15, -0.1) is 0 Å². The summed E-state index contributed by atoms with van der Waals surface area (Å²) in [7, 11) is 0.